The third-order valence-corrected chi connectivity index (χ3v) is 5.78. The minimum absolute atomic E-state index is 0.395. The summed E-state index contributed by atoms with van der Waals surface area (Å²) in [5.41, 5.74) is 1.80. The first-order valence-corrected chi connectivity index (χ1v) is 9.03. The molecule has 3 nitrogen and oxygen atoms in total. The maximum Gasteiger partial charge on any atom is 0.0635 e. The highest BCUT2D eigenvalue weighted by atomic mass is 79.9. The molecule has 0 amide bonds. The van der Waals surface area contributed by atoms with Crippen molar-refractivity contribution in [1.29, 1.82) is 0 Å². The lowest BCUT2D eigenvalue weighted by molar-refractivity contribution is 0.126. The fourth-order valence-electron chi connectivity index (χ4n) is 3.85. The van der Waals surface area contributed by atoms with E-state index in [4.69, 9.17) is 0 Å². The minimum Gasteiger partial charge on any atom is -0.319 e. The van der Waals surface area contributed by atoms with Gasteiger partial charge < -0.3 is 5.32 Å². The third-order valence-electron chi connectivity index (χ3n) is 5.17. The first-order chi connectivity index (χ1) is 9.88. The van der Waals surface area contributed by atoms with E-state index in [-0.39, 0.29) is 0 Å². The van der Waals surface area contributed by atoms with Gasteiger partial charge in [0.1, 0.15) is 0 Å². The van der Waals surface area contributed by atoms with Gasteiger partial charge in [-0.05, 0) is 73.0 Å². The van der Waals surface area contributed by atoms with Crippen molar-refractivity contribution in [3.63, 3.8) is 0 Å². The maximum atomic E-state index is 4.54. The van der Waals surface area contributed by atoms with Crippen molar-refractivity contribution < 1.29 is 0 Å². The van der Waals surface area contributed by atoms with Crippen LogP contribution in [-0.4, -0.2) is 23.4 Å². The fraction of sp³-hybridized carbons (Fsp3) is 0.824. The Labute approximate surface area is 138 Å². The molecule has 0 aliphatic heterocycles. The molecule has 2 rings (SSSR count). The Morgan fingerprint density at radius 3 is 2.67 bits per heavy atom. The van der Waals surface area contributed by atoms with Crippen LogP contribution >= 0.6 is 15.9 Å². The normalized spacial score (nSPS) is 27.0. The zero-order chi connectivity index (χ0) is 15.6. The van der Waals surface area contributed by atoms with Gasteiger partial charge in [-0.1, -0.05) is 20.8 Å². The van der Waals surface area contributed by atoms with E-state index in [1.807, 2.05) is 6.20 Å². The average Bonchev–Trinajstić information content (AvgIpc) is 2.79. The van der Waals surface area contributed by atoms with Crippen molar-refractivity contribution in [1.82, 2.24) is 15.1 Å². The molecular formula is C17H30BrN3. The van der Waals surface area contributed by atoms with E-state index in [0.717, 1.165) is 19.0 Å². The molecule has 0 bridgehead atoms. The summed E-state index contributed by atoms with van der Waals surface area (Å²) < 4.78 is 3.37. The number of aryl methyl sites for hydroxylation is 1. The van der Waals surface area contributed by atoms with Gasteiger partial charge in [-0.3, -0.25) is 4.68 Å². The Morgan fingerprint density at radius 2 is 2.10 bits per heavy atom. The van der Waals surface area contributed by atoms with Crippen LogP contribution in [0.5, 0.6) is 0 Å². The number of halogens is 1. The Balaban J connectivity index is 2.31. The smallest absolute Gasteiger partial charge is 0.0635 e. The van der Waals surface area contributed by atoms with Crippen LogP contribution in [0, 0.1) is 17.3 Å². The second kappa shape index (κ2) is 6.82. The van der Waals surface area contributed by atoms with Gasteiger partial charge in [-0.15, -0.1) is 0 Å². The monoisotopic (exact) mass is 355 g/mol. The molecule has 0 spiro atoms. The Morgan fingerprint density at radius 1 is 1.38 bits per heavy atom. The summed E-state index contributed by atoms with van der Waals surface area (Å²) in [5.74, 6) is 2.11. The van der Waals surface area contributed by atoms with Gasteiger partial charge in [-0.2, -0.15) is 5.10 Å². The van der Waals surface area contributed by atoms with Gasteiger partial charge in [0.15, 0.2) is 0 Å². The molecule has 0 saturated heterocycles. The first-order valence-electron chi connectivity index (χ1n) is 8.24. The summed E-state index contributed by atoms with van der Waals surface area (Å²) in [5, 5.41) is 7.94. The number of nitrogens with one attached hydrogen (secondary N) is 1. The van der Waals surface area contributed by atoms with Gasteiger partial charge in [0.25, 0.3) is 0 Å². The third kappa shape index (κ3) is 3.70. The van der Waals surface area contributed by atoms with Crippen LogP contribution < -0.4 is 5.32 Å². The van der Waals surface area contributed by atoms with Gasteiger partial charge in [-0.25, -0.2) is 0 Å². The van der Waals surface area contributed by atoms with Crippen molar-refractivity contribution in [2.24, 2.45) is 17.3 Å². The first kappa shape index (κ1) is 17.0. The number of nitrogens with zero attached hydrogens (tertiary/aromatic N) is 2. The largest absolute Gasteiger partial charge is 0.319 e. The SMILES string of the molecule is CCn1ncc(Br)c1C1CC(C(C)(C)C)CCC1CNC. The number of rotatable bonds is 4. The zero-order valence-electron chi connectivity index (χ0n) is 14.1. The summed E-state index contributed by atoms with van der Waals surface area (Å²) >= 11 is 3.74. The number of aromatic nitrogens is 2. The molecule has 1 saturated carbocycles. The second-order valence-electron chi connectivity index (χ2n) is 7.49. The molecule has 0 aromatic carbocycles. The predicted octanol–water partition coefficient (Wildman–Crippen LogP) is 4.43. The molecule has 1 aromatic rings. The average molecular weight is 356 g/mol. The molecular weight excluding hydrogens is 326 g/mol. The van der Waals surface area contributed by atoms with Crippen molar-refractivity contribution in [3.05, 3.63) is 16.4 Å². The fourth-order valence-corrected chi connectivity index (χ4v) is 4.44. The summed E-state index contributed by atoms with van der Waals surface area (Å²) in [4.78, 5) is 0. The van der Waals surface area contributed by atoms with Crippen molar-refractivity contribution in [2.75, 3.05) is 13.6 Å². The summed E-state index contributed by atoms with van der Waals surface area (Å²) in [6.45, 7) is 11.4. The summed E-state index contributed by atoms with van der Waals surface area (Å²) in [6.07, 6.45) is 5.91. The molecule has 1 aliphatic rings. The molecule has 1 N–H and O–H groups in total. The molecule has 1 fully saturated rings. The van der Waals surface area contributed by atoms with E-state index in [2.05, 4.69) is 65.8 Å². The van der Waals surface area contributed by atoms with E-state index >= 15 is 0 Å². The van der Waals surface area contributed by atoms with Crippen molar-refractivity contribution in [2.45, 2.75) is 59.4 Å². The lowest BCUT2D eigenvalue weighted by Crippen LogP contribution is -2.35. The van der Waals surface area contributed by atoms with Crippen molar-refractivity contribution in [3.8, 4) is 0 Å². The van der Waals surface area contributed by atoms with Gasteiger partial charge in [0.05, 0.1) is 16.4 Å². The Kier molecular flexibility index (Phi) is 5.53. The Hall–Kier alpha value is -0.350. The van der Waals surface area contributed by atoms with Crippen molar-refractivity contribution >= 4 is 15.9 Å². The standard InChI is InChI=1S/C17H30BrN3/c1-6-21-16(15(18)11-20-21)14-9-13(17(2,3)4)8-7-12(14)10-19-5/h11-14,19H,6-10H2,1-5H3. The lowest BCUT2D eigenvalue weighted by Gasteiger charge is -2.42. The molecule has 1 aliphatic carbocycles. The van der Waals surface area contributed by atoms with Crippen LogP contribution in [0.1, 0.15) is 58.6 Å². The topological polar surface area (TPSA) is 29.9 Å². The molecule has 1 heterocycles. The summed E-state index contributed by atoms with van der Waals surface area (Å²) in [7, 11) is 2.07. The van der Waals surface area contributed by atoms with Gasteiger partial charge in [0, 0.05) is 12.5 Å². The molecule has 21 heavy (non-hydrogen) atoms. The highest BCUT2D eigenvalue weighted by Crippen LogP contribution is 2.47. The predicted molar refractivity (Wildman–Crippen MR) is 92.6 cm³/mol. The van der Waals surface area contributed by atoms with E-state index in [0.29, 0.717) is 17.3 Å². The van der Waals surface area contributed by atoms with Gasteiger partial charge >= 0.3 is 0 Å². The van der Waals surface area contributed by atoms with E-state index in [1.165, 1.54) is 29.4 Å². The van der Waals surface area contributed by atoms with Gasteiger partial charge in [0.2, 0.25) is 0 Å². The van der Waals surface area contributed by atoms with Crippen LogP contribution in [-0.2, 0) is 6.54 Å². The van der Waals surface area contributed by atoms with E-state index < -0.39 is 0 Å². The number of hydrogen-bond donors (Lipinski definition) is 1. The molecule has 3 unspecified atom stereocenters. The molecule has 0 radical (unpaired) electrons. The van der Waals surface area contributed by atoms with Crippen LogP contribution in [0.2, 0.25) is 0 Å². The molecule has 4 heteroatoms. The maximum absolute atomic E-state index is 4.54. The quantitative estimate of drug-likeness (QED) is 0.865. The van der Waals surface area contributed by atoms with Crippen LogP contribution in [0.3, 0.4) is 0 Å². The molecule has 3 atom stereocenters. The highest BCUT2D eigenvalue weighted by molar-refractivity contribution is 9.10. The van der Waals surface area contributed by atoms with Crippen LogP contribution in [0.4, 0.5) is 0 Å². The molecule has 120 valence electrons. The number of hydrogen-bond acceptors (Lipinski definition) is 2. The minimum atomic E-state index is 0.395. The van der Waals surface area contributed by atoms with E-state index in [1.54, 1.807) is 0 Å². The van der Waals surface area contributed by atoms with Crippen LogP contribution in [0.15, 0.2) is 10.7 Å². The zero-order valence-corrected chi connectivity index (χ0v) is 15.7. The van der Waals surface area contributed by atoms with E-state index in [9.17, 15) is 0 Å². The van der Waals surface area contributed by atoms with Crippen LogP contribution in [0.25, 0.3) is 0 Å². The second-order valence-corrected chi connectivity index (χ2v) is 8.35. The lowest BCUT2D eigenvalue weighted by atomic mass is 9.64. The summed E-state index contributed by atoms with van der Waals surface area (Å²) in [6, 6.07) is 0. The highest BCUT2D eigenvalue weighted by Gasteiger charge is 2.38. The molecule has 1 aromatic heterocycles. The Bertz CT molecular complexity index is 461.